The fraction of sp³-hybridized carbons (Fsp3) is 0.333. The molecule has 88 valence electrons. The van der Waals surface area contributed by atoms with Crippen LogP contribution in [0.15, 0.2) is 36.4 Å². The van der Waals surface area contributed by atoms with E-state index in [0.29, 0.717) is 5.75 Å². The van der Waals surface area contributed by atoms with Gasteiger partial charge in [0.15, 0.2) is 0 Å². The lowest BCUT2D eigenvalue weighted by molar-refractivity contribution is 0.184. The number of hydrogen-bond donors (Lipinski definition) is 1. The molecule has 1 heterocycles. The van der Waals surface area contributed by atoms with E-state index in [1.807, 2.05) is 18.2 Å². The van der Waals surface area contributed by atoms with Crippen LogP contribution < -0.4 is 0 Å². The molecule has 0 aliphatic carbocycles. The van der Waals surface area contributed by atoms with Crippen LogP contribution in [0.4, 0.5) is 0 Å². The number of likely N-dealkylation sites (tertiary alicyclic amines) is 1. The second kappa shape index (κ2) is 4.38. The molecule has 1 N–H and O–H groups in total. The first kappa shape index (κ1) is 10.6. The molecule has 2 heteroatoms. The van der Waals surface area contributed by atoms with Gasteiger partial charge in [-0.25, -0.2) is 0 Å². The molecule has 2 aromatic rings. The summed E-state index contributed by atoms with van der Waals surface area (Å²) in [6.45, 7) is 3.57. The smallest absolute Gasteiger partial charge is 0.116 e. The molecule has 3 rings (SSSR count). The summed E-state index contributed by atoms with van der Waals surface area (Å²) in [6, 6.07) is 12.0. The van der Waals surface area contributed by atoms with Crippen LogP contribution in [0.3, 0.4) is 0 Å². The molecule has 0 saturated carbocycles. The van der Waals surface area contributed by atoms with Gasteiger partial charge in [-0.1, -0.05) is 24.3 Å². The molecule has 0 amide bonds. The molecule has 1 aliphatic rings. The Morgan fingerprint density at radius 1 is 1.12 bits per heavy atom. The highest BCUT2D eigenvalue weighted by molar-refractivity contribution is 5.87. The number of phenolic OH excluding ortho intramolecular Hbond substituents is 1. The Morgan fingerprint density at radius 3 is 2.71 bits per heavy atom. The third-order valence-electron chi connectivity index (χ3n) is 3.58. The molecule has 1 fully saturated rings. The normalized spacial score (nSPS) is 16.0. The fourth-order valence-electron chi connectivity index (χ4n) is 2.46. The molecule has 0 radical (unpaired) electrons. The monoisotopic (exact) mass is 227 g/mol. The maximum absolute atomic E-state index is 9.73. The van der Waals surface area contributed by atoms with Gasteiger partial charge in [-0.2, -0.15) is 0 Å². The summed E-state index contributed by atoms with van der Waals surface area (Å²) in [7, 11) is 0. The van der Waals surface area contributed by atoms with Gasteiger partial charge in [0.25, 0.3) is 0 Å². The zero-order valence-electron chi connectivity index (χ0n) is 9.89. The minimum Gasteiger partial charge on any atom is -0.508 e. The molecule has 0 spiro atoms. The maximum Gasteiger partial charge on any atom is 0.116 e. The molecular formula is C15H17NO. The first-order chi connectivity index (χ1) is 8.33. The molecule has 0 bridgehead atoms. The summed E-state index contributed by atoms with van der Waals surface area (Å²) in [5.74, 6) is 0.377. The van der Waals surface area contributed by atoms with E-state index in [4.69, 9.17) is 0 Å². The van der Waals surface area contributed by atoms with E-state index >= 15 is 0 Å². The van der Waals surface area contributed by atoms with Crippen LogP contribution in [0.1, 0.15) is 12.0 Å². The van der Waals surface area contributed by atoms with E-state index in [9.17, 15) is 5.11 Å². The summed E-state index contributed by atoms with van der Waals surface area (Å²) < 4.78 is 0. The maximum atomic E-state index is 9.73. The number of aromatic hydroxyl groups is 1. The average molecular weight is 227 g/mol. The SMILES string of the molecule is Oc1cc(CCN2CCC2)c2ccccc2c1. The van der Waals surface area contributed by atoms with Gasteiger partial charge < -0.3 is 10.0 Å². The van der Waals surface area contributed by atoms with Crippen LogP contribution in [0.25, 0.3) is 10.8 Å². The Bertz CT molecular complexity index is 531. The van der Waals surface area contributed by atoms with Crippen LogP contribution >= 0.6 is 0 Å². The fourth-order valence-corrected chi connectivity index (χ4v) is 2.46. The van der Waals surface area contributed by atoms with Gasteiger partial charge in [-0.15, -0.1) is 0 Å². The average Bonchev–Trinajstić information content (AvgIpc) is 2.26. The summed E-state index contributed by atoms with van der Waals surface area (Å²) >= 11 is 0. The Morgan fingerprint density at radius 2 is 1.94 bits per heavy atom. The molecular weight excluding hydrogens is 210 g/mol. The van der Waals surface area contributed by atoms with Gasteiger partial charge in [0.2, 0.25) is 0 Å². The van der Waals surface area contributed by atoms with Crippen LogP contribution in [-0.4, -0.2) is 29.6 Å². The Hall–Kier alpha value is -1.54. The predicted molar refractivity (Wildman–Crippen MR) is 70.4 cm³/mol. The first-order valence-electron chi connectivity index (χ1n) is 6.26. The van der Waals surface area contributed by atoms with Crippen molar-refractivity contribution < 1.29 is 5.11 Å². The van der Waals surface area contributed by atoms with Crippen molar-refractivity contribution in [1.29, 1.82) is 0 Å². The van der Waals surface area contributed by atoms with Gasteiger partial charge in [-0.3, -0.25) is 0 Å². The van der Waals surface area contributed by atoms with Gasteiger partial charge in [-0.05, 0) is 54.4 Å². The predicted octanol–water partition coefficient (Wildman–Crippen LogP) is 2.79. The molecule has 0 atom stereocenters. The minimum atomic E-state index is 0.377. The van der Waals surface area contributed by atoms with Crippen molar-refractivity contribution in [3.63, 3.8) is 0 Å². The summed E-state index contributed by atoms with van der Waals surface area (Å²) in [5, 5.41) is 12.1. The van der Waals surface area contributed by atoms with E-state index in [-0.39, 0.29) is 0 Å². The van der Waals surface area contributed by atoms with E-state index < -0.39 is 0 Å². The highest BCUT2D eigenvalue weighted by Crippen LogP contribution is 2.25. The van der Waals surface area contributed by atoms with Crippen LogP contribution in [0.2, 0.25) is 0 Å². The number of fused-ring (bicyclic) bond motifs is 1. The zero-order chi connectivity index (χ0) is 11.7. The third-order valence-corrected chi connectivity index (χ3v) is 3.58. The van der Waals surface area contributed by atoms with E-state index in [0.717, 1.165) is 18.4 Å². The standard InChI is InChI=1S/C15H17NO/c17-14-10-12-4-1-2-5-15(12)13(11-14)6-9-16-7-3-8-16/h1-2,4-5,10-11,17H,3,6-9H2. The molecule has 2 aromatic carbocycles. The van der Waals surface area contributed by atoms with Crippen molar-refractivity contribution in [2.45, 2.75) is 12.8 Å². The van der Waals surface area contributed by atoms with Crippen molar-refractivity contribution in [2.75, 3.05) is 19.6 Å². The summed E-state index contributed by atoms with van der Waals surface area (Å²) in [6.07, 6.45) is 2.36. The molecule has 2 nitrogen and oxygen atoms in total. The Labute approximate surface area is 101 Å². The zero-order valence-corrected chi connectivity index (χ0v) is 9.89. The van der Waals surface area contributed by atoms with Gasteiger partial charge >= 0.3 is 0 Å². The van der Waals surface area contributed by atoms with Crippen LogP contribution in [-0.2, 0) is 6.42 Å². The van der Waals surface area contributed by atoms with Crippen molar-refractivity contribution >= 4 is 10.8 Å². The third kappa shape index (κ3) is 2.13. The summed E-state index contributed by atoms with van der Waals surface area (Å²) in [5.41, 5.74) is 1.26. The minimum absolute atomic E-state index is 0.377. The lowest BCUT2D eigenvalue weighted by atomic mass is 10.0. The molecule has 17 heavy (non-hydrogen) atoms. The van der Waals surface area contributed by atoms with Gasteiger partial charge in [0, 0.05) is 6.54 Å². The lowest BCUT2D eigenvalue weighted by Crippen LogP contribution is -2.38. The number of hydrogen-bond acceptors (Lipinski definition) is 2. The van der Waals surface area contributed by atoms with E-state index in [1.54, 1.807) is 0 Å². The molecule has 1 saturated heterocycles. The van der Waals surface area contributed by atoms with Gasteiger partial charge in [0.05, 0.1) is 0 Å². The topological polar surface area (TPSA) is 23.5 Å². The Balaban J connectivity index is 1.90. The number of rotatable bonds is 3. The molecule has 1 aliphatic heterocycles. The van der Waals surface area contributed by atoms with E-state index in [2.05, 4.69) is 23.1 Å². The highest BCUT2D eigenvalue weighted by atomic mass is 16.3. The molecule has 0 aromatic heterocycles. The van der Waals surface area contributed by atoms with Crippen molar-refractivity contribution in [3.05, 3.63) is 42.0 Å². The van der Waals surface area contributed by atoms with Crippen molar-refractivity contribution in [3.8, 4) is 5.75 Å². The second-order valence-electron chi connectivity index (χ2n) is 4.77. The first-order valence-corrected chi connectivity index (χ1v) is 6.26. The largest absolute Gasteiger partial charge is 0.508 e. The van der Waals surface area contributed by atoms with Crippen LogP contribution in [0.5, 0.6) is 5.75 Å². The van der Waals surface area contributed by atoms with E-state index in [1.165, 1.54) is 30.5 Å². The Kier molecular flexibility index (Phi) is 2.73. The quantitative estimate of drug-likeness (QED) is 0.871. The highest BCUT2D eigenvalue weighted by Gasteiger charge is 2.13. The second-order valence-corrected chi connectivity index (χ2v) is 4.77. The van der Waals surface area contributed by atoms with Gasteiger partial charge in [0.1, 0.15) is 5.75 Å². The lowest BCUT2D eigenvalue weighted by Gasteiger charge is -2.30. The van der Waals surface area contributed by atoms with Crippen molar-refractivity contribution in [2.24, 2.45) is 0 Å². The van der Waals surface area contributed by atoms with Crippen molar-refractivity contribution in [1.82, 2.24) is 4.90 Å². The molecule has 0 unspecified atom stereocenters. The summed E-state index contributed by atoms with van der Waals surface area (Å²) in [4.78, 5) is 2.46. The number of benzene rings is 2. The van der Waals surface area contributed by atoms with Crippen LogP contribution in [0, 0.1) is 0 Å². The number of nitrogens with zero attached hydrogens (tertiary/aromatic N) is 1. The number of phenols is 1.